The number of hydrogen-bond donors (Lipinski definition) is 1. The van der Waals surface area contributed by atoms with E-state index in [0.29, 0.717) is 6.04 Å². The fourth-order valence-electron chi connectivity index (χ4n) is 2.98. The number of aryl methyl sites for hydroxylation is 1. The van der Waals surface area contributed by atoms with Crippen molar-refractivity contribution >= 4 is 24.8 Å². The van der Waals surface area contributed by atoms with E-state index in [1.54, 1.807) is 0 Å². The van der Waals surface area contributed by atoms with Crippen molar-refractivity contribution in [2.75, 3.05) is 26.2 Å². The summed E-state index contributed by atoms with van der Waals surface area (Å²) in [7, 11) is 0. The first-order valence-electron chi connectivity index (χ1n) is 7.88. The van der Waals surface area contributed by atoms with Crippen LogP contribution in [0.5, 0.6) is 0 Å². The highest BCUT2D eigenvalue weighted by Gasteiger charge is 2.23. The third-order valence-corrected chi connectivity index (χ3v) is 4.30. The van der Waals surface area contributed by atoms with E-state index in [4.69, 9.17) is 0 Å². The van der Waals surface area contributed by atoms with Crippen LogP contribution < -0.4 is 5.32 Å². The zero-order chi connectivity index (χ0) is 14.5. The molecule has 0 amide bonds. The van der Waals surface area contributed by atoms with Crippen LogP contribution in [-0.2, 0) is 13.0 Å². The van der Waals surface area contributed by atoms with Crippen molar-refractivity contribution in [2.24, 2.45) is 0 Å². The van der Waals surface area contributed by atoms with Gasteiger partial charge in [0.1, 0.15) is 0 Å². The second-order valence-electron chi connectivity index (χ2n) is 5.62. The summed E-state index contributed by atoms with van der Waals surface area (Å²) in [5.41, 5.74) is 2.82. The van der Waals surface area contributed by atoms with Crippen LogP contribution in [0.4, 0.5) is 0 Å². The maximum atomic E-state index is 4.30. The molecule has 3 rings (SSSR count). The van der Waals surface area contributed by atoms with Gasteiger partial charge in [0.25, 0.3) is 0 Å². The van der Waals surface area contributed by atoms with Crippen LogP contribution in [0, 0.1) is 0 Å². The molecule has 1 N–H and O–H groups in total. The van der Waals surface area contributed by atoms with Crippen molar-refractivity contribution in [3.8, 4) is 0 Å². The minimum absolute atomic E-state index is 0. The van der Waals surface area contributed by atoms with Gasteiger partial charge in [0.15, 0.2) is 0 Å². The molecule has 1 saturated heterocycles. The van der Waals surface area contributed by atoms with Gasteiger partial charge in [-0.25, -0.2) is 0 Å². The third kappa shape index (κ3) is 5.21. The summed E-state index contributed by atoms with van der Waals surface area (Å²) in [6, 6.07) is 11.6. The van der Waals surface area contributed by atoms with Gasteiger partial charge >= 0.3 is 0 Å². The predicted molar refractivity (Wildman–Crippen MR) is 99.7 cm³/mol. The van der Waals surface area contributed by atoms with Gasteiger partial charge in [-0.05, 0) is 23.6 Å². The van der Waals surface area contributed by atoms with Gasteiger partial charge in [0, 0.05) is 44.6 Å². The first-order valence-corrected chi connectivity index (χ1v) is 7.88. The number of rotatable bonds is 5. The zero-order valence-electron chi connectivity index (χ0n) is 13.5. The monoisotopic (exact) mass is 356 g/mol. The maximum Gasteiger partial charge on any atom is 0.0536 e. The van der Waals surface area contributed by atoms with Crippen molar-refractivity contribution < 1.29 is 0 Å². The molecule has 1 aromatic carbocycles. The topological polar surface area (TPSA) is 33.1 Å². The van der Waals surface area contributed by atoms with Gasteiger partial charge in [-0.2, -0.15) is 5.10 Å². The Morgan fingerprint density at radius 3 is 2.61 bits per heavy atom. The lowest BCUT2D eigenvalue weighted by molar-refractivity contribution is 0.154. The van der Waals surface area contributed by atoms with Crippen LogP contribution in [0.2, 0.25) is 0 Å². The molecule has 1 aliphatic heterocycles. The standard InChI is InChI=1S/C17H24N4.2ClH/c1-2-15-4-6-16(7-5-15)17-14-18-9-11-20(17)12-13-21-10-3-8-19-21;;/h3-8,10,17-18H,2,9,11-14H2,1H3;2*1H. The summed E-state index contributed by atoms with van der Waals surface area (Å²) in [6.45, 7) is 7.41. The first-order chi connectivity index (χ1) is 10.4. The van der Waals surface area contributed by atoms with Crippen molar-refractivity contribution in [3.63, 3.8) is 0 Å². The van der Waals surface area contributed by atoms with Gasteiger partial charge in [-0.1, -0.05) is 31.2 Å². The van der Waals surface area contributed by atoms with E-state index in [-0.39, 0.29) is 24.8 Å². The van der Waals surface area contributed by atoms with Crippen LogP contribution >= 0.6 is 24.8 Å². The summed E-state index contributed by atoms with van der Waals surface area (Å²) in [4.78, 5) is 2.57. The lowest BCUT2D eigenvalue weighted by atomic mass is 10.0. The molecule has 4 nitrogen and oxygen atoms in total. The Morgan fingerprint density at radius 1 is 1.17 bits per heavy atom. The number of piperazine rings is 1. The fourth-order valence-corrected chi connectivity index (χ4v) is 2.98. The molecule has 1 unspecified atom stereocenters. The second kappa shape index (κ2) is 9.93. The third-order valence-electron chi connectivity index (χ3n) is 4.30. The summed E-state index contributed by atoms with van der Waals surface area (Å²) in [6.07, 6.45) is 4.98. The van der Waals surface area contributed by atoms with Gasteiger partial charge in [0.2, 0.25) is 0 Å². The van der Waals surface area contributed by atoms with E-state index < -0.39 is 0 Å². The average Bonchev–Trinajstić information content (AvgIpc) is 3.07. The number of nitrogens with zero attached hydrogens (tertiary/aromatic N) is 3. The maximum absolute atomic E-state index is 4.30. The van der Waals surface area contributed by atoms with Crippen molar-refractivity contribution in [3.05, 3.63) is 53.9 Å². The largest absolute Gasteiger partial charge is 0.314 e. The summed E-state index contributed by atoms with van der Waals surface area (Å²) >= 11 is 0. The summed E-state index contributed by atoms with van der Waals surface area (Å²) < 4.78 is 2.01. The van der Waals surface area contributed by atoms with Crippen LogP contribution in [-0.4, -0.2) is 40.9 Å². The minimum atomic E-state index is 0. The van der Waals surface area contributed by atoms with Crippen LogP contribution in [0.3, 0.4) is 0 Å². The van der Waals surface area contributed by atoms with Gasteiger partial charge in [-0.15, -0.1) is 24.8 Å². The van der Waals surface area contributed by atoms with E-state index in [2.05, 4.69) is 46.5 Å². The molecule has 2 heterocycles. The number of benzene rings is 1. The highest BCUT2D eigenvalue weighted by atomic mass is 35.5. The molecule has 1 aromatic heterocycles. The van der Waals surface area contributed by atoms with E-state index in [1.807, 2.05) is 23.1 Å². The van der Waals surface area contributed by atoms with Crippen molar-refractivity contribution in [1.29, 1.82) is 0 Å². The molecule has 0 radical (unpaired) electrons. The summed E-state index contributed by atoms with van der Waals surface area (Å²) in [5.74, 6) is 0. The smallest absolute Gasteiger partial charge is 0.0536 e. The van der Waals surface area contributed by atoms with Gasteiger partial charge < -0.3 is 5.32 Å². The Morgan fingerprint density at radius 2 is 1.96 bits per heavy atom. The lowest BCUT2D eigenvalue weighted by Gasteiger charge is -2.36. The molecule has 1 aliphatic rings. The normalized spacial score (nSPS) is 18.0. The molecular formula is C17H26Cl2N4. The Balaban J connectivity index is 0.00000132. The van der Waals surface area contributed by atoms with Gasteiger partial charge in [-0.3, -0.25) is 9.58 Å². The zero-order valence-corrected chi connectivity index (χ0v) is 15.2. The quantitative estimate of drug-likeness (QED) is 0.893. The van der Waals surface area contributed by atoms with E-state index in [0.717, 1.165) is 39.1 Å². The van der Waals surface area contributed by atoms with Crippen LogP contribution in [0.15, 0.2) is 42.7 Å². The lowest BCUT2D eigenvalue weighted by Crippen LogP contribution is -2.47. The predicted octanol–water partition coefficient (Wildman–Crippen LogP) is 2.94. The second-order valence-corrected chi connectivity index (χ2v) is 5.62. The molecule has 0 spiro atoms. The van der Waals surface area contributed by atoms with Crippen molar-refractivity contribution in [1.82, 2.24) is 20.0 Å². The Kier molecular flexibility index (Phi) is 8.63. The molecular weight excluding hydrogens is 331 g/mol. The van der Waals surface area contributed by atoms with E-state index in [1.165, 1.54) is 11.1 Å². The highest BCUT2D eigenvalue weighted by molar-refractivity contribution is 5.85. The van der Waals surface area contributed by atoms with Crippen LogP contribution in [0.1, 0.15) is 24.1 Å². The Labute approximate surface area is 151 Å². The van der Waals surface area contributed by atoms with Crippen molar-refractivity contribution in [2.45, 2.75) is 25.9 Å². The fraction of sp³-hybridized carbons (Fsp3) is 0.471. The molecule has 1 fully saturated rings. The Bertz CT molecular complexity index is 542. The molecule has 2 aromatic rings. The molecule has 1 atom stereocenters. The Hall–Kier alpha value is -1.07. The molecule has 128 valence electrons. The van der Waals surface area contributed by atoms with Gasteiger partial charge in [0.05, 0.1) is 6.54 Å². The minimum Gasteiger partial charge on any atom is -0.314 e. The molecule has 23 heavy (non-hydrogen) atoms. The number of nitrogens with one attached hydrogen (secondary N) is 1. The molecule has 0 saturated carbocycles. The molecule has 0 bridgehead atoms. The number of halogens is 2. The van der Waals surface area contributed by atoms with Crippen LogP contribution in [0.25, 0.3) is 0 Å². The highest BCUT2D eigenvalue weighted by Crippen LogP contribution is 2.22. The average molecular weight is 357 g/mol. The number of hydrogen-bond acceptors (Lipinski definition) is 3. The SMILES string of the molecule is CCc1ccc(C2CNCCN2CCn2cccn2)cc1.Cl.Cl. The van der Waals surface area contributed by atoms with E-state index >= 15 is 0 Å². The first kappa shape index (κ1) is 20.0. The summed E-state index contributed by atoms with van der Waals surface area (Å²) in [5, 5.41) is 7.82. The van der Waals surface area contributed by atoms with E-state index in [9.17, 15) is 0 Å². The molecule has 6 heteroatoms. The molecule has 0 aliphatic carbocycles. The number of aromatic nitrogens is 2.